The number of hydrogen-bond donors (Lipinski definition) is 2. The summed E-state index contributed by atoms with van der Waals surface area (Å²) in [6.07, 6.45) is 4.74. The normalized spacial score (nSPS) is 18.6. The maximum atomic E-state index is 11.9. The van der Waals surface area contributed by atoms with Crippen molar-refractivity contribution < 1.29 is 4.79 Å². The molecular formula is C12H21N5O. The van der Waals surface area contributed by atoms with Crippen LogP contribution in [0.15, 0.2) is 6.20 Å². The van der Waals surface area contributed by atoms with Crippen molar-refractivity contribution in [1.29, 1.82) is 0 Å². The number of piperidine rings is 1. The molecule has 1 unspecified atom stereocenters. The lowest BCUT2D eigenvalue weighted by atomic mass is 10.1. The second kappa shape index (κ2) is 5.95. The summed E-state index contributed by atoms with van der Waals surface area (Å²) in [6.45, 7) is 6.02. The molecule has 0 aromatic carbocycles. The molecule has 6 heteroatoms. The Balaban J connectivity index is 1.98. The van der Waals surface area contributed by atoms with E-state index < -0.39 is 0 Å². The smallest absolute Gasteiger partial charge is 0.273 e. The Morgan fingerprint density at radius 1 is 1.61 bits per heavy atom. The fourth-order valence-corrected chi connectivity index (χ4v) is 2.03. The molecule has 0 aliphatic carbocycles. The summed E-state index contributed by atoms with van der Waals surface area (Å²) in [7, 11) is 0. The van der Waals surface area contributed by atoms with Crippen molar-refractivity contribution in [1.82, 2.24) is 25.6 Å². The van der Waals surface area contributed by atoms with Crippen LogP contribution in [0.1, 0.15) is 49.6 Å². The van der Waals surface area contributed by atoms with Gasteiger partial charge in [0.25, 0.3) is 5.91 Å². The Labute approximate surface area is 107 Å². The number of aromatic nitrogens is 3. The van der Waals surface area contributed by atoms with Gasteiger partial charge in [-0.05, 0) is 39.3 Å². The van der Waals surface area contributed by atoms with Crippen LogP contribution in [0.5, 0.6) is 0 Å². The standard InChI is InChI=1S/C12H21N5O/c1-3-9(2)14-12(18)11-8-17(16-15-11)10-4-6-13-7-5-10/h8-10,13H,3-7H2,1-2H3,(H,14,18). The molecule has 1 atom stereocenters. The average Bonchev–Trinajstić information content (AvgIpc) is 2.89. The minimum atomic E-state index is -0.135. The maximum Gasteiger partial charge on any atom is 0.273 e. The van der Waals surface area contributed by atoms with Gasteiger partial charge < -0.3 is 10.6 Å². The average molecular weight is 251 g/mol. The third-order valence-electron chi connectivity index (χ3n) is 3.42. The first-order chi connectivity index (χ1) is 8.70. The Hall–Kier alpha value is -1.43. The molecule has 1 aromatic rings. The highest BCUT2D eigenvalue weighted by atomic mass is 16.2. The van der Waals surface area contributed by atoms with Crippen molar-refractivity contribution in [3.8, 4) is 0 Å². The summed E-state index contributed by atoms with van der Waals surface area (Å²) in [5, 5.41) is 14.2. The predicted molar refractivity (Wildman–Crippen MR) is 68.4 cm³/mol. The van der Waals surface area contributed by atoms with Crippen LogP contribution in [0.2, 0.25) is 0 Å². The van der Waals surface area contributed by atoms with Gasteiger partial charge in [0.15, 0.2) is 5.69 Å². The zero-order valence-corrected chi connectivity index (χ0v) is 11.0. The zero-order valence-electron chi connectivity index (χ0n) is 11.0. The van der Waals surface area contributed by atoms with Crippen molar-refractivity contribution in [2.45, 2.75) is 45.2 Å². The third kappa shape index (κ3) is 3.07. The molecule has 2 rings (SSSR count). The van der Waals surface area contributed by atoms with E-state index in [4.69, 9.17) is 0 Å². The van der Waals surface area contributed by atoms with Gasteiger partial charge in [-0.2, -0.15) is 0 Å². The summed E-state index contributed by atoms with van der Waals surface area (Å²) < 4.78 is 1.83. The summed E-state index contributed by atoms with van der Waals surface area (Å²) >= 11 is 0. The van der Waals surface area contributed by atoms with E-state index in [9.17, 15) is 4.79 Å². The highest BCUT2D eigenvalue weighted by Crippen LogP contribution is 2.16. The van der Waals surface area contributed by atoms with Gasteiger partial charge in [-0.25, -0.2) is 4.68 Å². The van der Waals surface area contributed by atoms with E-state index in [1.54, 1.807) is 6.20 Å². The minimum Gasteiger partial charge on any atom is -0.348 e. The van der Waals surface area contributed by atoms with Crippen LogP contribution in [0.25, 0.3) is 0 Å². The predicted octanol–water partition coefficient (Wildman–Crippen LogP) is 0.731. The number of amides is 1. The Morgan fingerprint density at radius 3 is 3.00 bits per heavy atom. The van der Waals surface area contributed by atoms with Crippen molar-refractivity contribution in [2.75, 3.05) is 13.1 Å². The first kappa shape index (κ1) is 13.0. The molecule has 1 amide bonds. The molecule has 6 nitrogen and oxygen atoms in total. The summed E-state index contributed by atoms with van der Waals surface area (Å²) in [5.41, 5.74) is 0.411. The van der Waals surface area contributed by atoms with E-state index in [0.29, 0.717) is 11.7 Å². The largest absolute Gasteiger partial charge is 0.348 e. The molecule has 0 bridgehead atoms. The molecule has 0 radical (unpaired) electrons. The third-order valence-corrected chi connectivity index (χ3v) is 3.42. The lowest BCUT2D eigenvalue weighted by Gasteiger charge is -2.22. The lowest BCUT2D eigenvalue weighted by Crippen LogP contribution is -2.32. The first-order valence-electron chi connectivity index (χ1n) is 6.64. The Morgan fingerprint density at radius 2 is 2.33 bits per heavy atom. The van der Waals surface area contributed by atoms with Crippen LogP contribution in [0, 0.1) is 0 Å². The number of nitrogens with zero attached hydrogens (tertiary/aromatic N) is 3. The number of hydrogen-bond acceptors (Lipinski definition) is 4. The molecule has 1 saturated heterocycles. The van der Waals surface area contributed by atoms with Crippen LogP contribution in [0.4, 0.5) is 0 Å². The van der Waals surface area contributed by atoms with Crippen molar-refractivity contribution >= 4 is 5.91 Å². The number of rotatable bonds is 4. The molecule has 1 aliphatic rings. The molecule has 1 aliphatic heterocycles. The van der Waals surface area contributed by atoms with Crippen LogP contribution in [-0.2, 0) is 0 Å². The van der Waals surface area contributed by atoms with Gasteiger partial charge in [0.05, 0.1) is 12.2 Å². The van der Waals surface area contributed by atoms with Crippen LogP contribution < -0.4 is 10.6 Å². The molecule has 1 fully saturated rings. The van der Waals surface area contributed by atoms with Gasteiger partial charge in [-0.3, -0.25) is 4.79 Å². The minimum absolute atomic E-state index is 0.135. The van der Waals surface area contributed by atoms with Gasteiger partial charge in [-0.15, -0.1) is 5.10 Å². The van der Waals surface area contributed by atoms with E-state index in [-0.39, 0.29) is 11.9 Å². The maximum absolute atomic E-state index is 11.9. The SMILES string of the molecule is CCC(C)NC(=O)c1cn(C2CCNCC2)nn1. The van der Waals surface area contributed by atoms with E-state index in [2.05, 4.69) is 20.9 Å². The zero-order chi connectivity index (χ0) is 13.0. The number of nitrogens with one attached hydrogen (secondary N) is 2. The molecule has 18 heavy (non-hydrogen) atoms. The molecule has 2 heterocycles. The van der Waals surface area contributed by atoms with Gasteiger partial charge in [0, 0.05) is 6.04 Å². The van der Waals surface area contributed by atoms with Crippen molar-refractivity contribution in [2.24, 2.45) is 0 Å². The van der Waals surface area contributed by atoms with Gasteiger partial charge >= 0.3 is 0 Å². The van der Waals surface area contributed by atoms with Gasteiger partial charge in [0.2, 0.25) is 0 Å². The second-order valence-corrected chi connectivity index (χ2v) is 4.85. The van der Waals surface area contributed by atoms with E-state index in [0.717, 1.165) is 32.4 Å². The Kier molecular flexibility index (Phi) is 4.30. The monoisotopic (exact) mass is 251 g/mol. The molecule has 0 spiro atoms. The number of carbonyl (C=O) groups excluding carboxylic acids is 1. The fourth-order valence-electron chi connectivity index (χ4n) is 2.03. The lowest BCUT2D eigenvalue weighted by molar-refractivity contribution is 0.0934. The quantitative estimate of drug-likeness (QED) is 0.827. The molecule has 0 saturated carbocycles. The molecular weight excluding hydrogens is 230 g/mol. The molecule has 100 valence electrons. The van der Waals surface area contributed by atoms with E-state index >= 15 is 0 Å². The fraction of sp³-hybridized carbons (Fsp3) is 0.750. The van der Waals surface area contributed by atoms with E-state index in [1.165, 1.54) is 0 Å². The molecule has 1 aromatic heterocycles. The first-order valence-corrected chi connectivity index (χ1v) is 6.64. The second-order valence-electron chi connectivity index (χ2n) is 4.85. The van der Waals surface area contributed by atoms with Crippen LogP contribution in [-0.4, -0.2) is 40.0 Å². The van der Waals surface area contributed by atoms with Gasteiger partial charge in [0.1, 0.15) is 0 Å². The van der Waals surface area contributed by atoms with E-state index in [1.807, 2.05) is 18.5 Å². The number of carbonyl (C=O) groups is 1. The summed E-state index contributed by atoms with van der Waals surface area (Å²) in [5.74, 6) is -0.135. The van der Waals surface area contributed by atoms with Gasteiger partial charge in [-0.1, -0.05) is 12.1 Å². The Bertz CT molecular complexity index is 397. The van der Waals surface area contributed by atoms with Crippen LogP contribution >= 0.6 is 0 Å². The van der Waals surface area contributed by atoms with Crippen molar-refractivity contribution in [3.63, 3.8) is 0 Å². The highest BCUT2D eigenvalue weighted by Gasteiger charge is 2.19. The summed E-state index contributed by atoms with van der Waals surface area (Å²) in [6, 6.07) is 0.533. The van der Waals surface area contributed by atoms with Crippen molar-refractivity contribution in [3.05, 3.63) is 11.9 Å². The van der Waals surface area contributed by atoms with Crippen LogP contribution in [0.3, 0.4) is 0 Å². The summed E-state index contributed by atoms with van der Waals surface area (Å²) in [4.78, 5) is 11.9. The topological polar surface area (TPSA) is 71.8 Å². The highest BCUT2D eigenvalue weighted by molar-refractivity contribution is 5.92. The molecule has 2 N–H and O–H groups in total.